The molecule has 25 unspecified atom stereocenters. The van der Waals surface area contributed by atoms with Crippen molar-refractivity contribution in [3.8, 4) is 0 Å². The fourth-order valence-electron chi connectivity index (χ4n) is 11.4. The molecule has 0 radical (unpaired) electrons. The minimum atomic E-state index is -1.89. The van der Waals surface area contributed by atoms with Gasteiger partial charge in [-0.3, -0.25) is 0 Å². The lowest BCUT2D eigenvalue weighted by Crippen LogP contribution is -2.59. The number of hydrogen-bond donors (Lipinski definition) is 8. The monoisotopic (exact) mass is 1040 g/mol. The van der Waals surface area contributed by atoms with Crippen LogP contribution in [0.25, 0.3) is 0 Å². The second-order valence-corrected chi connectivity index (χ2v) is 21.9. The number of ether oxygens (including phenoxy) is 8. The summed E-state index contributed by atoms with van der Waals surface area (Å²) in [5, 5.41) is 89.3. The summed E-state index contributed by atoms with van der Waals surface area (Å²) in [5.74, 6) is -9.43. The Morgan fingerprint density at radius 3 is 1.41 bits per heavy atom. The molecule has 73 heavy (non-hydrogen) atoms. The summed E-state index contributed by atoms with van der Waals surface area (Å²) < 4.78 is 48.8. The van der Waals surface area contributed by atoms with Gasteiger partial charge in [0.25, 0.3) is 0 Å². The van der Waals surface area contributed by atoms with Gasteiger partial charge in [0, 0.05) is 79.3 Å². The summed E-state index contributed by atoms with van der Waals surface area (Å²) in [4.78, 5) is 26.4. The predicted molar refractivity (Wildman–Crippen MR) is 270 cm³/mol. The van der Waals surface area contributed by atoms with E-state index in [-0.39, 0.29) is 43.4 Å². The Kier molecular flexibility index (Phi) is 23.8. The highest BCUT2D eigenvalue weighted by molar-refractivity contribution is 5.83. The van der Waals surface area contributed by atoms with Crippen molar-refractivity contribution in [3.63, 3.8) is 0 Å². The summed E-state index contributed by atoms with van der Waals surface area (Å²) in [6.07, 6.45) is -2.10. The Bertz CT molecular complexity index is 1800. The molecule has 0 spiro atoms. The van der Waals surface area contributed by atoms with Crippen LogP contribution in [0.5, 0.6) is 0 Å². The number of allylic oxidation sites excluding steroid dienone is 4. The molecule has 25 atom stereocenters. The Morgan fingerprint density at radius 1 is 0.630 bits per heavy atom. The molecule has 0 bridgehead atoms. The first kappa shape index (κ1) is 62.9. The highest BCUT2D eigenvalue weighted by Crippen LogP contribution is 2.45. The fraction of sp³-hybridized carbons (Fsp3) is 0.818. The van der Waals surface area contributed by atoms with Crippen molar-refractivity contribution in [2.75, 3.05) is 0 Å². The molecular formula is C55H92O18. The van der Waals surface area contributed by atoms with Crippen LogP contribution >= 0.6 is 0 Å². The Morgan fingerprint density at radius 2 is 1.03 bits per heavy atom. The van der Waals surface area contributed by atoms with Crippen molar-refractivity contribution >= 4 is 11.9 Å². The summed E-state index contributed by atoms with van der Waals surface area (Å²) in [6.45, 7) is 26.8. The molecule has 0 aromatic heterocycles. The van der Waals surface area contributed by atoms with E-state index in [0.29, 0.717) is 12.8 Å². The molecule has 0 saturated carbocycles. The van der Waals surface area contributed by atoms with Gasteiger partial charge in [0.05, 0.1) is 61.0 Å². The molecular weight excluding hydrogens is 949 g/mol. The number of aliphatic hydroxyl groups excluding tert-OH is 6. The quantitative estimate of drug-likeness (QED) is 0.0390. The average Bonchev–Trinajstić information content (AvgIpc) is 3.32. The van der Waals surface area contributed by atoms with Crippen molar-refractivity contribution < 1.29 is 88.3 Å². The lowest BCUT2D eigenvalue weighted by Gasteiger charge is -2.50. The zero-order chi connectivity index (χ0) is 54.9. The number of carbonyl (C=O) groups excluding carboxylic acids is 2. The molecule has 4 aliphatic rings. The van der Waals surface area contributed by atoms with Crippen LogP contribution in [0, 0.1) is 47.3 Å². The van der Waals surface area contributed by atoms with Gasteiger partial charge >= 0.3 is 11.9 Å². The van der Waals surface area contributed by atoms with E-state index in [9.17, 15) is 50.4 Å². The summed E-state index contributed by atoms with van der Waals surface area (Å²) >= 11 is 0. The van der Waals surface area contributed by atoms with Gasteiger partial charge in [-0.05, 0) is 46.5 Å². The van der Waals surface area contributed by atoms with Crippen LogP contribution in [0.1, 0.15) is 129 Å². The lowest BCUT2D eigenvalue weighted by molar-refractivity contribution is -0.345. The molecule has 0 aliphatic carbocycles. The van der Waals surface area contributed by atoms with Crippen LogP contribution in [0.2, 0.25) is 0 Å². The van der Waals surface area contributed by atoms with Gasteiger partial charge in [-0.1, -0.05) is 99.3 Å². The summed E-state index contributed by atoms with van der Waals surface area (Å²) in [5.41, 5.74) is 0. The van der Waals surface area contributed by atoms with Crippen LogP contribution in [0.15, 0.2) is 49.1 Å². The van der Waals surface area contributed by atoms with Gasteiger partial charge in [-0.15, -0.1) is 0 Å². The Hall–Kier alpha value is -2.66. The first-order valence-electron chi connectivity index (χ1n) is 26.7. The van der Waals surface area contributed by atoms with E-state index in [0.717, 1.165) is 0 Å². The number of rotatable bonds is 23. The average molecular weight is 1040 g/mol. The second kappa shape index (κ2) is 27.6. The molecule has 4 aliphatic heterocycles. The van der Waals surface area contributed by atoms with Crippen LogP contribution < -0.4 is 0 Å². The fourth-order valence-corrected chi connectivity index (χ4v) is 11.4. The highest BCUT2D eigenvalue weighted by atomic mass is 16.7. The van der Waals surface area contributed by atoms with Gasteiger partial charge < -0.3 is 78.7 Å². The van der Waals surface area contributed by atoms with Crippen LogP contribution in [0.3, 0.4) is 0 Å². The maximum Gasteiger partial charge on any atom is 0.331 e. The molecule has 0 aromatic rings. The summed E-state index contributed by atoms with van der Waals surface area (Å²) in [7, 11) is 0. The lowest BCUT2D eigenvalue weighted by atomic mass is 9.76. The number of carbonyl (C=O) groups is 2. The minimum absolute atomic E-state index is 0.00253. The highest BCUT2D eigenvalue weighted by Gasteiger charge is 2.54. The maximum absolute atomic E-state index is 13.4. The largest absolute Gasteiger partial charge is 0.459 e. The molecule has 4 rings (SSSR count). The van der Waals surface area contributed by atoms with Gasteiger partial charge in [0.15, 0.2) is 24.2 Å². The normalized spacial score (nSPS) is 39.4. The van der Waals surface area contributed by atoms with E-state index in [2.05, 4.69) is 6.58 Å². The molecule has 420 valence electrons. The molecule has 18 heteroatoms. The smallest absolute Gasteiger partial charge is 0.331 e. The third kappa shape index (κ3) is 16.0. The SMILES string of the molecule is C=CC=CC(=O)OC(C(C)C=CC=CC(=O)OC(C(C)C)C(C)C(O)C(C)C1(O)CC(OC2CC(O)C(O)C(C)O2)C(CC)C(C)O1)C(C)C(O)C(C)C1(O)CC(OC2CC(O)C(O)C(C)O2)C(CC)C(C)O1. The molecule has 0 aromatic carbocycles. The van der Waals surface area contributed by atoms with Crippen molar-refractivity contribution in [2.45, 2.75) is 238 Å². The number of hydrogen-bond acceptors (Lipinski definition) is 18. The Balaban J connectivity index is 1.44. The van der Waals surface area contributed by atoms with E-state index >= 15 is 0 Å². The first-order valence-corrected chi connectivity index (χ1v) is 26.7. The summed E-state index contributed by atoms with van der Waals surface area (Å²) in [6, 6.07) is 0. The van der Waals surface area contributed by atoms with E-state index < -0.39 is 151 Å². The van der Waals surface area contributed by atoms with E-state index in [4.69, 9.17) is 37.9 Å². The van der Waals surface area contributed by atoms with E-state index in [1.807, 2.05) is 41.5 Å². The molecule has 0 amide bonds. The number of esters is 2. The number of aliphatic hydroxyl groups is 8. The van der Waals surface area contributed by atoms with Crippen molar-refractivity contribution in [1.29, 1.82) is 0 Å². The van der Waals surface area contributed by atoms with Gasteiger partial charge in [-0.25, -0.2) is 9.59 Å². The van der Waals surface area contributed by atoms with E-state index in [1.165, 1.54) is 30.4 Å². The zero-order valence-electron chi connectivity index (χ0n) is 45.5. The van der Waals surface area contributed by atoms with Gasteiger partial charge in [-0.2, -0.15) is 0 Å². The standard InChI is InChI=1S/C55H92O18/c1-15-18-22-44(58)71-53(31(8)49(61)33(10)55(65)27-43(39(17-3)35(12)73-55)69-47-25-41(57)51(63)37(14)67-47)29(6)21-19-20-23-45(59)70-52(28(4)5)30(7)48(60)32(9)54(64)26-42(38(16-2)34(11)72-54)68-46-24-40(56)50(62)36(13)66-46/h15,18-23,28-43,46-53,56-57,60-65H,1,16-17,24-27H2,2-14H3. The van der Waals surface area contributed by atoms with Gasteiger partial charge in [0.2, 0.25) is 0 Å². The molecule has 4 fully saturated rings. The first-order chi connectivity index (χ1) is 34.1. The topological polar surface area (TPSA) is 270 Å². The van der Waals surface area contributed by atoms with Crippen molar-refractivity contribution in [3.05, 3.63) is 49.1 Å². The zero-order valence-corrected chi connectivity index (χ0v) is 45.5. The third-order valence-corrected chi connectivity index (χ3v) is 16.2. The molecule has 4 saturated heterocycles. The van der Waals surface area contributed by atoms with E-state index in [1.54, 1.807) is 60.6 Å². The van der Waals surface area contributed by atoms with Gasteiger partial charge in [0.1, 0.15) is 24.4 Å². The van der Waals surface area contributed by atoms with Crippen LogP contribution in [-0.2, 0) is 47.5 Å². The minimum Gasteiger partial charge on any atom is -0.459 e. The molecule has 8 N–H and O–H groups in total. The Labute approximate surface area is 433 Å². The predicted octanol–water partition coefficient (Wildman–Crippen LogP) is 4.75. The molecule has 4 heterocycles. The molecule has 18 nitrogen and oxygen atoms in total. The van der Waals surface area contributed by atoms with Crippen molar-refractivity contribution in [2.24, 2.45) is 47.3 Å². The third-order valence-electron chi connectivity index (χ3n) is 16.2. The second-order valence-electron chi connectivity index (χ2n) is 21.9. The van der Waals surface area contributed by atoms with Crippen LogP contribution in [0.4, 0.5) is 0 Å². The van der Waals surface area contributed by atoms with Crippen LogP contribution in [-0.4, -0.2) is 162 Å². The van der Waals surface area contributed by atoms with Crippen molar-refractivity contribution in [1.82, 2.24) is 0 Å². The maximum atomic E-state index is 13.4.